The summed E-state index contributed by atoms with van der Waals surface area (Å²) in [6, 6.07) is 13.4. The van der Waals surface area contributed by atoms with E-state index in [-0.39, 0.29) is 16.8 Å². The van der Waals surface area contributed by atoms with E-state index in [1.807, 2.05) is 31.2 Å². The van der Waals surface area contributed by atoms with Crippen molar-refractivity contribution in [2.75, 3.05) is 13.7 Å². The largest absolute Gasteiger partial charge is 0.497 e. The number of methoxy groups -OCH3 is 1. The zero-order valence-corrected chi connectivity index (χ0v) is 17.2. The third kappa shape index (κ3) is 4.36. The minimum atomic E-state index is -3.80. The van der Waals surface area contributed by atoms with Crippen molar-refractivity contribution in [1.29, 1.82) is 0 Å². The second-order valence-electron chi connectivity index (χ2n) is 7.12. The molecular weight excluding hydrogens is 376 g/mol. The quantitative estimate of drug-likeness (QED) is 0.806. The molecular formula is C21H26N2O4S. The van der Waals surface area contributed by atoms with E-state index in [2.05, 4.69) is 4.72 Å². The molecule has 1 amide bonds. The molecule has 0 aliphatic carbocycles. The second kappa shape index (κ2) is 8.32. The first kappa shape index (κ1) is 20.4. The Kier molecular flexibility index (Phi) is 6.05. The zero-order chi connectivity index (χ0) is 20.3. The molecule has 1 fully saturated rings. The number of carbonyl (C=O) groups is 1. The van der Waals surface area contributed by atoms with Gasteiger partial charge in [0.25, 0.3) is 0 Å². The summed E-state index contributed by atoms with van der Waals surface area (Å²) in [5.41, 5.74) is 2.25. The molecule has 0 unspecified atom stereocenters. The van der Waals surface area contributed by atoms with Crippen LogP contribution in [0.4, 0.5) is 0 Å². The van der Waals surface area contributed by atoms with Crippen molar-refractivity contribution < 1.29 is 17.9 Å². The van der Waals surface area contributed by atoms with Gasteiger partial charge in [0.15, 0.2) is 0 Å². The molecule has 1 aliphatic heterocycles. The number of hydrogen-bond donors (Lipinski definition) is 1. The maximum Gasteiger partial charge on any atom is 0.241 e. The van der Waals surface area contributed by atoms with Crippen molar-refractivity contribution in [2.45, 2.75) is 43.7 Å². The fraction of sp³-hybridized carbons (Fsp3) is 0.381. The molecule has 2 aromatic rings. The van der Waals surface area contributed by atoms with Crippen LogP contribution >= 0.6 is 0 Å². The van der Waals surface area contributed by atoms with E-state index in [1.165, 1.54) is 24.8 Å². The van der Waals surface area contributed by atoms with Crippen LogP contribution in [0, 0.1) is 6.92 Å². The van der Waals surface area contributed by atoms with Crippen LogP contribution in [0.1, 0.15) is 36.9 Å². The van der Waals surface area contributed by atoms with E-state index >= 15 is 0 Å². The van der Waals surface area contributed by atoms with E-state index in [1.54, 1.807) is 24.0 Å². The summed E-state index contributed by atoms with van der Waals surface area (Å²) in [5.74, 6) is 0.362. The zero-order valence-electron chi connectivity index (χ0n) is 16.4. The van der Waals surface area contributed by atoms with Gasteiger partial charge in [-0.2, -0.15) is 4.72 Å². The Bertz CT molecular complexity index is 924. The summed E-state index contributed by atoms with van der Waals surface area (Å²) in [7, 11) is -2.28. The summed E-state index contributed by atoms with van der Waals surface area (Å²) in [5, 5.41) is 0. The Labute approximate surface area is 166 Å². The maximum atomic E-state index is 13.0. The van der Waals surface area contributed by atoms with Crippen molar-refractivity contribution >= 4 is 15.9 Å². The van der Waals surface area contributed by atoms with Crippen LogP contribution in [0.3, 0.4) is 0 Å². The van der Waals surface area contributed by atoms with Crippen molar-refractivity contribution in [3.8, 4) is 5.75 Å². The van der Waals surface area contributed by atoms with Crippen LogP contribution in [-0.4, -0.2) is 38.9 Å². The molecule has 0 aromatic heterocycles. The maximum absolute atomic E-state index is 13.0. The fourth-order valence-electron chi connectivity index (χ4n) is 3.52. The average Bonchev–Trinajstić information content (AvgIpc) is 3.17. The van der Waals surface area contributed by atoms with E-state index < -0.39 is 16.1 Å². The van der Waals surface area contributed by atoms with Crippen LogP contribution < -0.4 is 9.46 Å². The molecule has 0 radical (unpaired) electrons. The highest BCUT2D eigenvalue weighted by molar-refractivity contribution is 7.89. The first-order chi connectivity index (χ1) is 13.3. The van der Waals surface area contributed by atoms with E-state index in [4.69, 9.17) is 4.74 Å². The molecule has 1 heterocycles. The number of nitrogens with one attached hydrogen (secondary N) is 1. The van der Waals surface area contributed by atoms with E-state index in [0.29, 0.717) is 12.3 Å². The fourth-order valence-corrected chi connectivity index (χ4v) is 4.72. The molecule has 2 aromatic carbocycles. The first-order valence-electron chi connectivity index (χ1n) is 9.35. The number of carbonyl (C=O) groups excluding carboxylic acids is 1. The number of sulfonamides is 1. The predicted octanol–water partition coefficient (Wildman–Crippen LogP) is 3.03. The minimum absolute atomic E-state index is 0.0129. The lowest BCUT2D eigenvalue weighted by molar-refractivity contribution is -0.133. The number of benzene rings is 2. The van der Waals surface area contributed by atoms with Gasteiger partial charge in [0.05, 0.1) is 24.1 Å². The van der Waals surface area contributed by atoms with Gasteiger partial charge >= 0.3 is 0 Å². The molecule has 1 saturated heterocycles. The highest BCUT2D eigenvalue weighted by Gasteiger charge is 2.34. The normalized spacial score (nSPS) is 18.1. The standard InChI is InChI=1S/C21H26N2O4S/c1-15-6-8-17(9-7-15)20-5-4-14-23(20)21(24)16(2)22-28(25,26)19-12-10-18(27-3)11-13-19/h6-13,16,20,22H,4-5,14H2,1-3H3/t16-,20+/m0/s1. The van der Waals surface area contributed by atoms with Crippen LogP contribution in [0.5, 0.6) is 5.75 Å². The molecule has 1 aliphatic rings. The lowest BCUT2D eigenvalue weighted by atomic mass is 10.0. The van der Waals surface area contributed by atoms with Gasteiger partial charge in [0.2, 0.25) is 15.9 Å². The molecule has 28 heavy (non-hydrogen) atoms. The van der Waals surface area contributed by atoms with Gasteiger partial charge in [-0.1, -0.05) is 29.8 Å². The van der Waals surface area contributed by atoms with Gasteiger partial charge in [0, 0.05) is 6.54 Å². The van der Waals surface area contributed by atoms with Crippen molar-refractivity contribution in [3.05, 3.63) is 59.7 Å². The third-order valence-electron chi connectivity index (χ3n) is 5.07. The molecule has 0 spiro atoms. The molecule has 3 rings (SSSR count). The highest BCUT2D eigenvalue weighted by atomic mass is 32.2. The molecule has 2 atom stereocenters. The van der Waals surface area contributed by atoms with Crippen molar-refractivity contribution in [1.82, 2.24) is 9.62 Å². The predicted molar refractivity (Wildman–Crippen MR) is 108 cm³/mol. The number of likely N-dealkylation sites (tertiary alicyclic amines) is 1. The molecule has 1 N–H and O–H groups in total. The minimum Gasteiger partial charge on any atom is -0.497 e. The number of amides is 1. The van der Waals surface area contributed by atoms with Gasteiger partial charge in [-0.15, -0.1) is 0 Å². The number of hydrogen-bond acceptors (Lipinski definition) is 4. The number of ether oxygens (including phenoxy) is 1. The number of aryl methyl sites for hydroxylation is 1. The molecule has 7 heteroatoms. The molecule has 6 nitrogen and oxygen atoms in total. The summed E-state index contributed by atoms with van der Waals surface area (Å²) in [6.07, 6.45) is 1.79. The third-order valence-corrected chi connectivity index (χ3v) is 6.63. The first-order valence-corrected chi connectivity index (χ1v) is 10.8. The van der Waals surface area contributed by atoms with Gasteiger partial charge in [0.1, 0.15) is 5.75 Å². The van der Waals surface area contributed by atoms with Crippen LogP contribution in [0.15, 0.2) is 53.4 Å². The molecule has 150 valence electrons. The average molecular weight is 403 g/mol. The van der Waals surface area contributed by atoms with Crippen LogP contribution in [-0.2, 0) is 14.8 Å². The van der Waals surface area contributed by atoms with E-state index in [9.17, 15) is 13.2 Å². The lowest BCUT2D eigenvalue weighted by Gasteiger charge is -2.28. The Hall–Kier alpha value is -2.38. The molecule has 0 bridgehead atoms. The monoisotopic (exact) mass is 402 g/mol. The second-order valence-corrected chi connectivity index (χ2v) is 8.83. The summed E-state index contributed by atoms with van der Waals surface area (Å²) >= 11 is 0. The highest BCUT2D eigenvalue weighted by Crippen LogP contribution is 2.32. The van der Waals surface area contributed by atoms with Gasteiger partial charge in [-0.3, -0.25) is 4.79 Å². The Morgan fingerprint density at radius 3 is 2.39 bits per heavy atom. The van der Waals surface area contributed by atoms with Gasteiger partial charge < -0.3 is 9.64 Å². The topological polar surface area (TPSA) is 75.7 Å². The number of rotatable bonds is 6. The Balaban J connectivity index is 1.73. The van der Waals surface area contributed by atoms with Crippen molar-refractivity contribution in [2.24, 2.45) is 0 Å². The smallest absolute Gasteiger partial charge is 0.241 e. The van der Waals surface area contributed by atoms with Crippen molar-refractivity contribution in [3.63, 3.8) is 0 Å². The summed E-state index contributed by atoms with van der Waals surface area (Å²) < 4.78 is 32.8. The van der Waals surface area contributed by atoms with Crippen LogP contribution in [0.25, 0.3) is 0 Å². The molecule has 0 saturated carbocycles. The summed E-state index contributed by atoms with van der Waals surface area (Å²) in [4.78, 5) is 14.9. The SMILES string of the molecule is COc1ccc(S(=O)(=O)N[C@@H](C)C(=O)N2CCC[C@@H]2c2ccc(C)cc2)cc1. The van der Waals surface area contributed by atoms with Gasteiger partial charge in [-0.05, 0) is 56.5 Å². The Morgan fingerprint density at radius 1 is 1.14 bits per heavy atom. The van der Waals surface area contributed by atoms with E-state index in [0.717, 1.165) is 18.4 Å². The van der Waals surface area contributed by atoms with Crippen LogP contribution in [0.2, 0.25) is 0 Å². The number of nitrogens with zero attached hydrogens (tertiary/aromatic N) is 1. The lowest BCUT2D eigenvalue weighted by Crippen LogP contribution is -2.46. The van der Waals surface area contributed by atoms with Gasteiger partial charge in [-0.25, -0.2) is 8.42 Å². The summed E-state index contributed by atoms with van der Waals surface area (Å²) in [6.45, 7) is 4.25. The Morgan fingerprint density at radius 2 is 1.79 bits per heavy atom.